The highest BCUT2D eigenvalue weighted by Gasteiger charge is 2.11. The number of tetrazole rings is 1. The number of carbonyl (C=O) groups excluding carboxylic acids is 1. The fourth-order valence-corrected chi connectivity index (χ4v) is 2.57. The number of carbonyl (C=O) groups is 1. The molecule has 0 aliphatic carbocycles. The molecule has 0 aliphatic heterocycles. The predicted molar refractivity (Wildman–Crippen MR) is 93.9 cm³/mol. The third-order valence-corrected chi connectivity index (χ3v) is 3.86. The first-order chi connectivity index (χ1) is 12.0. The van der Waals surface area contributed by atoms with Gasteiger partial charge in [0.25, 0.3) is 5.91 Å². The van der Waals surface area contributed by atoms with Crippen molar-refractivity contribution >= 4 is 11.6 Å². The van der Waals surface area contributed by atoms with Crippen molar-refractivity contribution in [2.75, 3.05) is 11.9 Å². The Morgan fingerprint density at radius 3 is 2.76 bits per heavy atom. The van der Waals surface area contributed by atoms with Crippen molar-refractivity contribution in [2.24, 2.45) is 0 Å². The SMILES string of the molecule is Cc1ccc(OCC(=O)Nc2cccc(-n3cnnn3)c2C)c(C)c1. The van der Waals surface area contributed by atoms with E-state index in [-0.39, 0.29) is 12.5 Å². The van der Waals surface area contributed by atoms with Crippen LogP contribution in [0.1, 0.15) is 16.7 Å². The topological polar surface area (TPSA) is 81.9 Å². The molecule has 7 heteroatoms. The minimum absolute atomic E-state index is 0.0571. The lowest BCUT2D eigenvalue weighted by molar-refractivity contribution is -0.118. The first-order valence-corrected chi connectivity index (χ1v) is 7.87. The van der Waals surface area contributed by atoms with Gasteiger partial charge in [-0.1, -0.05) is 23.8 Å². The fraction of sp³-hybridized carbons (Fsp3) is 0.222. The smallest absolute Gasteiger partial charge is 0.262 e. The molecule has 128 valence electrons. The molecule has 1 heterocycles. The highest BCUT2D eigenvalue weighted by atomic mass is 16.5. The van der Waals surface area contributed by atoms with E-state index in [4.69, 9.17) is 4.74 Å². The van der Waals surface area contributed by atoms with Crippen molar-refractivity contribution in [3.8, 4) is 11.4 Å². The van der Waals surface area contributed by atoms with Crippen LogP contribution in [0.5, 0.6) is 5.75 Å². The molecule has 3 aromatic rings. The van der Waals surface area contributed by atoms with E-state index in [0.29, 0.717) is 11.4 Å². The van der Waals surface area contributed by atoms with E-state index in [9.17, 15) is 4.79 Å². The maximum atomic E-state index is 12.2. The molecule has 3 rings (SSSR count). The van der Waals surface area contributed by atoms with Crippen LogP contribution < -0.4 is 10.1 Å². The number of benzene rings is 2. The molecule has 0 atom stereocenters. The van der Waals surface area contributed by atoms with Crippen molar-refractivity contribution in [3.63, 3.8) is 0 Å². The van der Waals surface area contributed by atoms with Gasteiger partial charge < -0.3 is 10.1 Å². The van der Waals surface area contributed by atoms with Gasteiger partial charge in [-0.05, 0) is 60.5 Å². The van der Waals surface area contributed by atoms with E-state index < -0.39 is 0 Å². The van der Waals surface area contributed by atoms with Crippen LogP contribution in [0, 0.1) is 20.8 Å². The molecule has 1 aromatic heterocycles. The summed E-state index contributed by atoms with van der Waals surface area (Å²) in [5.41, 5.74) is 4.53. The highest BCUT2D eigenvalue weighted by molar-refractivity contribution is 5.93. The zero-order valence-electron chi connectivity index (χ0n) is 14.4. The first-order valence-electron chi connectivity index (χ1n) is 7.87. The van der Waals surface area contributed by atoms with Crippen molar-refractivity contribution in [1.82, 2.24) is 20.2 Å². The van der Waals surface area contributed by atoms with E-state index in [1.54, 1.807) is 4.68 Å². The van der Waals surface area contributed by atoms with Crippen LogP contribution in [-0.4, -0.2) is 32.7 Å². The molecule has 25 heavy (non-hydrogen) atoms. The van der Waals surface area contributed by atoms with Crippen LogP contribution in [0.2, 0.25) is 0 Å². The average Bonchev–Trinajstić information content (AvgIpc) is 3.10. The number of aryl methyl sites for hydroxylation is 2. The van der Waals surface area contributed by atoms with Gasteiger partial charge in [0.2, 0.25) is 0 Å². The zero-order chi connectivity index (χ0) is 17.8. The second kappa shape index (κ2) is 7.12. The predicted octanol–water partition coefficient (Wildman–Crippen LogP) is 2.61. The lowest BCUT2D eigenvalue weighted by atomic mass is 10.1. The van der Waals surface area contributed by atoms with E-state index in [2.05, 4.69) is 20.8 Å². The summed E-state index contributed by atoms with van der Waals surface area (Å²) in [4.78, 5) is 12.2. The number of nitrogens with one attached hydrogen (secondary N) is 1. The summed E-state index contributed by atoms with van der Waals surface area (Å²) in [6.45, 7) is 5.82. The Balaban J connectivity index is 1.68. The van der Waals surface area contributed by atoms with Gasteiger partial charge in [0.15, 0.2) is 6.61 Å². The van der Waals surface area contributed by atoms with Crippen LogP contribution in [0.15, 0.2) is 42.7 Å². The van der Waals surface area contributed by atoms with Crippen LogP contribution >= 0.6 is 0 Å². The Morgan fingerprint density at radius 2 is 2.04 bits per heavy atom. The number of amides is 1. The molecule has 0 saturated heterocycles. The maximum Gasteiger partial charge on any atom is 0.262 e. The molecule has 0 bridgehead atoms. The molecule has 0 spiro atoms. The quantitative estimate of drug-likeness (QED) is 0.774. The molecule has 0 aliphatic rings. The molecule has 2 aromatic carbocycles. The number of hydrogen-bond acceptors (Lipinski definition) is 5. The second-order valence-corrected chi connectivity index (χ2v) is 5.81. The largest absolute Gasteiger partial charge is 0.483 e. The number of anilines is 1. The van der Waals surface area contributed by atoms with Crippen molar-refractivity contribution in [3.05, 3.63) is 59.4 Å². The zero-order valence-corrected chi connectivity index (χ0v) is 14.4. The number of hydrogen-bond donors (Lipinski definition) is 1. The van der Waals surface area contributed by atoms with Crippen molar-refractivity contribution in [2.45, 2.75) is 20.8 Å². The molecule has 0 unspecified atom stereocenters. The molecular formula is C18H19N5O2. The molecule has 1 amide bonds. The summed E-state index contributed by atoms with van der Waals surface area (Å²) in [5.74, 6) is 0.483. The van der Waals surface area contributed by atoms with E-state index in [0.717, 1.165) is 22.4 Å². The number of rotatable bonds is 5. The molecule has 1 N–H and O–H groups in total. The Labute approximate surface area is 145 Å². The summed E-state index contributed by atoms with van der Waals surface area (Å²) in [7, 11) is 0. The van der Waals surface area contributed by atoms with Crippen molar-refractivity contribution < 1.29 is 9.53 Å². The van der Waals surface area contributed by atoms with Gasteiger partial charge in [-0.2, -0.15) is 0 Å². The molecular weight excluding hydrogens is 318 g/mol. The van der Waals surface area contributed by atoms with Gasteiger partial charge in [0.1, 0.15) is 12.1 Å². The first kappa shape index (κ1) is 16.6. The third-order valence-electron chi connectivity index (χ3n) is 3.86. The molecule has 0 radical (unpaired) electrons. The summed E-state index contributed by atoms with van der Waals surface area (Å²) in [6.07, 6.45) is 1.51. The second-order valence-electron chi connectivity index (χ2n) is 5.81. The summed E-state index contributed by atoms with van der Waals surface area (Å²) in [5, 5.41) is 14.0. The molecule has 0 saturated carbocycles. The normalized spacial score (nSPS) is 10.5. The van der Waals surface area contributed by atoms with E-state index in [1.807, 2.05) is 57.2 Å². The van der Waals surface area contributed by atoms with Gasteiger partial charge in [0.05, 0.1) is 5.69 Å². The monoisotopic (exact) mass is 337 g/mol. The Hall–Kier alpha value is -3.22. The molecule has 0 fully saturated rings. The van der Waals surface area contributed by atoms with Crippen LogP contribution in [0.4, 0.5) is 5.69 Å². The number of nitrogens with zero attached hydrogens (tertiary/aromatic N) is 4. The van der Waals surface area contributed by atoms with Gasteiger partial charge in [-0.3, -0.25) is 4.79 Å². The Kier molecular flexibility index (Phi) is 4.74. The summed E-state index contributed by atoms with van der Waals surface area (Å²) in [6, 6.07) is 11.4. The lowest BCUT2D eigenvalue weighted by Crippen LogP contribution is -2.21. The van der Waals surface area contributed by atoms with Crippen molar-refractivity contribution in [1.29, 1.82) is 0 Å². The third kappa shape index (κ3) is 3.82. The Morgan fingerprint density at radius 1 is 1.20 bits per heavy atom. The average molecular weight is 337 g/mol. The number of ether oxygens (including phenoxy) is 1. The van der Waals surface area contributed by atoms with Gasteiger partial charge in [0, 0.05) is 5.69 Å². The van der Waals surface area contributed by atoms with Crippen LogP contribution in [0.3, 0.4) is 0 Å². The number of aromatic nitrogens is 4. The summed E-state index contributed by atoms with van der Waals surface area (Å²) >= 11 is 0. The van der Waals surface area contributed by atoms with Crippen LogP contribution in [-0.2, 0) is 4.79 Å². The highest BCUT2D eigenvalue weighted by Crippen LogP contribution is 2.22. The lowest BCUT2D eigenvalue weighted by Gasteiger charge is -2.13. The van der Waals surface area contributed by atoms with E-state index in [1.165, 1.54) is 6.33 Å². The Bertz CT molecular complexity index is 890. The molecule has 7 nitrogen and oxygen atoms in total. The van der Waals surface area contributed by atoms with Gasteiger partial charge in [-0.15, -0.1) is 5.10 Å². The van der Waals surface area contributed by atoms with Crippen LogP contribution in [0.25, 0.3) is 5.69 Å². The van der Waals surface area contributed by atoms with E-state index >= 15 is 0 Å². The van der Waals surface area contributed by atoms with Gasteiger partial charge >= 0.3 is 0 Å². The maximum absolute atomic E-state index is 12.2. The minimum Gasteiger partial charge on any atom is -0.483 e. The standard InChI is InChI=1S/C18H19N5O2/c1-12-7-8-17(13(2)9-12)25-10-18(24)20-15-5-4-6-16(14(15)3)23-11-19-21-22-23/h4-9,11H,10H2,1-3H3,(H,20,24). The summed E-state index contributed by atoms with van der Waals surface area (Å²) < 4.78 is 7.17. The fourth-order valence-electron chi connectivity index (χ4n) is 2.57. The minimum atomic E-state index is -0.225. The van der Waals surface area contributed by atoms with Gasteiger partial charge in [-0.25, -0.2) is 4.68 Å².